The number of hydrogen-bond donors (Lipinski definition) is 1. The average Bonchev–Trinajstić information content (AvgIpc) is 2.08. The molecule has 0 radical (unpaired) electrons. The van der Waals surface area contributed by atoms with Crippen molar-refractivity contribution in [2.24, 2.45) is 5.14 Å². The van der Waals surface area contributed by atoms with Crippen LogP contribution in [0, 0.1) is 23.3 Å². The third kappa shape index (κ3) is 2.66. The highest BCUT2D eigenvalue weighted by molar-refractivity contribution is 7.88. The maximum atomic E-state index is 12.9. The number of primary sulfonamides is 1. The van der Waals surface area contributed by atoms with Crippen molar-refractivity contribution in [3.8, 4) is 0 Å². The molecule has 2 N–H and O–H groups in total. The van der Waals surface area contributed by atoms with Crippen LogP contribution in [-0.4, -0.2) is 8.42 Å². The van der Waals surface area contributed by atoms with Gasteiger partial charge >= 0.3 is 0 Å². The van der Waals surface area contributed by atoms with Crippen molar-refractivity contribution in [3.63, 3.8) is 0 Å². The molecule has 0 spiro atoms. The molecule has 1 aromatic carbocycles. The van der Waals surface area contributed by atoms with Gasteiger partial charge in [-0.2, -0.15) is 0 Å². The zero-order valence-corrected chi connectivity index (χ0v) is 7.91. The number of hydrogen-bond acceptors (Lipinski definition) is 2. The highest BCUT2D eigenvalue weighted by atomic mass is 32.2. The minimum absolute atomic E-state index is 0.0166. The van der Waals surface area contributed by atoms with Crippen molar-refractivity contribution in [1.82, 2.24) is 0 Å². The Hall–Kier alpha value is -1.15. The van der Waals surface area contributed by atoms with E-state index in [1.54, 1.807) is 0 Å². The number of benzene rings is 1. The summed E-state index contributed by atoms with van der Waals surface area (Å²) < 4.78 is 72.0. The van der Waals surface area contributed by atoms with E-state index in [1.165, 1.54) is 0 Å². The Morgan fingerprint density at radius 1 is 1.07 bits per heavy atom. The molecule has 0 unspecified atom stereocenters. The minimum atomic E-state index is -4.27. The predicted molar refractivity (Wildman–Crippen MR) is 43.1 cm³/mol. The maximum absolute atomic E-state index is 12.9. The van der Waals surface area contributed by atoms with Crippen LogP contribution in [0.15, 0.2) is 6.07 Å². The average molecular weight is 243 g/mol. The molecule has 0 saturated carbocycles. The summed E-state index contributed by atoms with van der Waals surface area (Å²) in [5.74, 6) is -8.18. The normalized spacial score (nSPS) is 11.8. The fourth-order valence-corrected chi connectivity index (χ4v) is 1.61. The Balaban J connectivity index is 3.40. The molecule has 0 aliphatic heterocycles. The first-order valence-corrected chi connectivity index (χ1v) is 5.26. The second-order valence-corrected chi connectivity index (χ2v) is 4.37. The molecule has 0 fully saturated rings. The topological polar surface area (TPSA) is 60.2 Å². The van der Waals surface area contributed by atoms with Crippen LogP contribution in [0.25, 0.3) is 0 Å². The molecule has 0 amide bonds. The van der Waals surface area contributed by atoms with Gasteiger partial charge in [-0.1, -0.05) is 0 Å². The van der Waals surface area contributed by atoms with E-state index in [9.17, 15) is 26.0 Å². The first-order chi connectivity index (χ1) is 6.72. The standard InChI is InChI=1S/C7H5F4NO2S/c8-4-1-5(9)7(11)3(6(4)10)2-15(12,13)14/h1H,2H2,(H2,12,13,14). The fourth-order valence-electron chi connectivity index (χ4n) is 0.951. The molecule has 0 aromatic heterocycles. The van der Waals surface area contributed by atoms with Gasteiger partial charge in [0, 0.05) is 11.6 Å². The summed E-state index contributed by atoms with van der Waals surface area (Å²) in [4.78, 5) is 0. The highest BCUT2D eigenvalue weighted by Crippen LogP contribution is 2.20. The van der Waals surface area contributed by atoms with Crippen molar-refractivity contribution in [3.05, 3.63) is 34.9 Å². The van der Waals surface area contributed by atoms with E-state index in [-0.39, 0.29) is 6.07 Å². The predicted octanol–water partition coefficient (Wildman–Crippen LogP) is 1.03. The van der Waals surface area contributed by atoms with Crippen LogP contribution in [-0.2, 0) is 15.8 Å². The molecule has 0 heterocycles. The molecular weight excluding hydrogens is 238 g/mol. The lowest BCUT2D eigenvalue weighted by Gasteiger charge is -2.05. The lowest BCUT2D eigenvalue weighted by atomic mass is 10.2. The second-order valence-electron chi connectivity index (χ2n) is 2.75. The summed E-state index contributed by atoms with van der Waals surface area (Å²) in [7, 11) is -4.27. The Morgan fingerprint density at radius 3 is 1.80 bits per heavy atom. The van der Waals surface area contributed by atoms with Crippen LogP contribution in [0.5, 0.6) is 0 Å². The van der Waals surface area contributed by atoms with Crippen molar-refractivity contribution < 1.29 is 26.0 Å². The van der Waals surface area contributed by atoms with Crippen LogP contribution in [0.1, 0.15) is 5.56 Å². The Labute approximate surface area is 82.6 Å². The van der Waals surface area contributed by atoms with E-state index < -0.39 is 44.6 Å². The molecule has 15 heavy (non-hydrogen) atoms. The quantitative estimate of drug-likeness (QED) is 0.623. The minimum Gasteiger partial charge on any atom is -0.228 e. The monoisotopic (exact) mass is 243 g/mol. The molecule has 3 nitrogen and oxygen atoms in total. The van der Waals surface area contributed by atoms with Crippen LogP contribution in [0.4, 0.5) is 17.6 Å². The van der Waals surface area contributed by atoms with Crippen LogP contribution >= 0.6 is 0 Å². The summed E-state index contributed by atoms with van der Waals surface area (Å²) in [6, 6.07) is -0.0166. The Morgan fingerprint density at radius 2 is 1.47 bits per heavy atom. The van der Waals surface area contributed by atoms with E-state index in [2.05, 4.69) is 5.14 Å². The molecule has 0 saturated heterocycles. The molecule has 8 heteroatoms. The first kappa shape index (κ1) is 11.9. The smallest absolute Gasteiger partial charge is 0.213 e. The van der Waals surface area contributed by atoms with Gasteiger partial charge in [0.25, 0.3) is 0 Å². The van der Waals surface area contributed by atoms with Gasteiger partial charge in [0.1, 0.15) is 0 Å². The van der Waals surface area contributed by atoms with Crippen LogP contribution in [0.3, 0.4) is 0 Å². The number of nitrogens with two attached hydrogens (primary N) is 1. The van der Waals surface area contributed by atoms with Gasteiger partial charge in [-0.25, -0.2) is 31.1 Å². The summed E-state index contributed by atoms with van der Waals surface area (Å²) >= 11 is 0. The highest BCUT2D eigenvalue weighted by Gasteiger charge is 2.22. The van der Waals surface area contributed by atoms with Crippen molar-refractivity contribution in [1.29, 1.82) is 0 Å². The third-order valence-corrected chi connectivity index (χ3v) is 2.24. The van der Waals surface area contributed by atoms with E-state index in [0.717, 1.165) is 0 Å². The van der Waals surface area contributed by atoms with Gasteiger partial charge in [-0.3, -0.25) is 0 Å². The SMILES string of the molecule is NS(=O)(=O)Cc1c(F)c(F)cc(F)c1F. The molecule has 0 aliphatic carbocycles. The molecule has 84 valence electrons. The van der Waals surface area contributed by atoms with E-state index in [4.69, 9.17) is 0 Å². The molecular formula is C7H5F4NO2S. The fraction of sp³-hybridized carbons (Fsp3) is 0.143. The van der Waals surface area contributed by atoms with Gasteiger partial charge in [0.2, 0.25) is 10.0 Å². The first-order valence-electron chi connectivity index (χ1n) is 3.54. The van der Waals surface area contributed by atoms with Crippen LogP contribution in [0.2, 0.25) is 0 Å². The lowest BCUT2D eigenvalue weighted by Crippen LogP contribution is -2.17. The van der Waals surface area contributed by atoms with Gasteiger partial charge < -0.3 is 0 Å². The summed E-state index contributed by atoms with van der Waals surface area (Å²) in [6.07, 6.45) is 0. The summed E-state index contributed by atoms with van der Waals surface area (Å²) in [6.45, 7) is 0. The zero-order chi connectivity index (χ0) is 11.8. The Bertz CT molecular complexity index is 474. The molecule has 1 aromatic rings. The Kier molecular flexibility index (Phi) is 3.00. The van der Waals surface area contributed by atoms with E-state index >= 15 is 0 Å². The molecule has 0 atom stereocenters. The van der Waals surface area contributed by atoms with Gasteiger partial charge in [-0.15, -0.1) is 0 Å². The van der Waals surface area contributed by atoms with Crippen molar-refractivity contribution >= 4 is 10.0 Å². The number of sulfonamides is 1. The molecule has 0 bridgehead atoms. The van der Waals surface area contributed by atoms with Gasteiger partial charge in [0.15, 0.2) is 23.3 Å². The lowest BCUT2D eigenvalue weighted by molar-refractivity contribution is 0.443. The van der Waals surface area contributed by atoms with Crippen molar-refractivity contribution in [2.75, 3.05) is 0 Å². The van der Waals surface area contributed by atoms with Gasteiger partial charge in [-0.05, 0) is 0 Å². The van der Waals surface area contributed by atoms with Crippen molar-refractivity contribution in [2.45, 2.75) is 5.75 Å². The number of halogens is 4. The largest absolute Gasteiger partial charge is 0.228 e. The summed E-state index contributed by atoms with van der Waals surface area (Å²) in [5, 5.41) is 4.50. The maximum Gasteiger partial charge on any atom is 0.213 e. The molecule has 0 aliphatic rings. The summed E-state index contributed by atoms with van der Waals surface area (Å²) in [5.41, 5.74) is -1.24. The zero-order valence-electron chi connectivity index (χ0n) is 7.10. The van der Waals surface area contributed by atoms with E-state index in [0.29, 0.717) is 0 Å². The third-order valence-electron chi connectivity index (χ3n) is 1.55. The van der Waals surface area contributed by atoms with Crippen LogP contribution < -0.4 is 5.14 Å². The number of rotatable bonds is 2. The van der Waals surface area contributed by atoms with E-state index in [1.807, 2.05) is 0 Å². The second kappa shape index (κ2) is 3.78. The molecule has 1 rings (SSSR count). The van der Waals surface area contributed by atoms with Gasteiger partial charge in [0.05, 0.1) is 5.75 Å².